The largest absolute Gasteiger partial charge is 0.364 e. The maximum atomic E-state index is 12.6. The smallest absolute Gasteiger partial charge is 0.220 e. The Morgan fingerprint density at radius 1 is 1.19 bits per heavy atom. The third-order valence-electron chi connectivity index (χ3n) is 5.22. The molecule has 1 N–H and O–H groups in total. The van der Waals surface area contributed by atoms with Crippen LogP contribution in [0.2, 0.25) is 0 Å². The summed E-state index contributed by atoms with van der Waals surface area (Å²) in [7, 11) is -3.43. The number of aromatic nitrogens is 3. The fraction of sp³-hybridized carbons (Fsp3) is 0.450. The third kappa shape index (κ3) is 4.88. The molecular formula is C20H27N7O3S. The van der Waals surface area contributed by atoms with Crippen LogP contribution in [0, 0.1) is 6.92 Å². The quantitative estimate of drug-likeness (QED) is 0.449. The predicted octanol–water partition coefficient (Wildman–Crippen LogP) is 1.24. The molecule has 166 valence electrons. The van der Waals surface area contributed by atoms with Crippen molar-refractivity contribution in [2.45, 2.75) is 26.1 Å². The molecule has 0 bridgehead atoms. The maximum absolute atomic E-state index is 12.6. The summed E-state index contributed by atoms with van der Waals surface area (Å²) in [5.41, 5.74) is 3.33. The highest BCUT2D eigenvalue weighted by Crippen LogP contribution is 2.14. The van der Waals surface area contributed by atoms with Gasteiger partial charge in [0.1, 0.15) is 17.7 Å². The molecule has 3 aromatic rings. The number of fused-ring (bicyclic) bond motifs is 1. The molecule has 3 aromatic heterocycles. The van der Waals surface area contributed by atoms with E-state index < -0.39 is 10.0 Å². The minimum Gasteiger partial charge on any atom is -0.364 e. The Bertz CT molecular complexity index is 1150. The Balaban J connectivity index is 1.41. The first kappa shape index (κ1) is 21.3. The molecule has 0 atom stereocenters. The zero-order valence-corrected chi connectivity index (χ0v) is 18.5. The molecule has 0 amide bonds. The number of rotatable bonds is 6. The van der Waals surface area contributed by atoms with E-state index in [1.54, 1.807) is 6.07 Å². The average molecular weight is 446 g/mol. The van der Waals surface area contributed by atoms with Gasteiger partial charge in [-0.1, -0.05) is 11.2 Å². The van der Waals surface area contributed by atoms with Gasteiger partial charge in [-0.05, 0) is 26.0 Å². The molecule has 1 saturated heterocycles. The second kappa shape index (κ2) is 9.06. The Labute approximate surface area is 181 Å². The molecule has 1 aliphatic rings. The first-order valence-electron chi connectivity index (χ1n) is 10.3. The molecule has 0 aromatic carbocycles. The minimum absolute atomic E-state index is 0.148. The van der Waals surface area contributed by atoms with E-state index in [9.17, 15) is 8.42 Å². The van der Waals surface area contributed by atoms with Crippen LogP contribution in [0.3, 0.4) is 0 Å². The summed E-state index contributed by atoms with van der Waals surface area (Å²) in [6.07, 6.45) is 3.39. The van der Waals surface area contributed by atoms with E-state index >= 15 is 0 Å². The third-order valence-corrected chi connectivity index (χ3v) is 7.04. The molecule has 10 nitrogen and oxygen atoms in total. The second-order valence-corrected chi connectivity index (χ2v) is 9.40. The molecule has 11 heteroatoms. The highest BCUT2D eigenvalue weighted by Gasteiger charge is 2.29. The van der Waals surface area contributed by atoms with E-state index in [1.807, 2.05) is 38.2 Å². The standard InChI is InChI=1S/C20H27N7O3S/c1-3-21-20(22-13-18-14-27-16(2)5-4-6-19(27)23-18)25-8-10-26(11-9-25)31(28,29)15-17-7-12-30-24-17/h4-7,12,14H,3,8-11,13,15H2,1-2H3,(H,21,22). The second-order valence-electron chi connectivity index (χ2n) is 7.43. The number of hydrogen-bond acceptors (Lipinski definition) is 6. The van der Waals surface area contributed by atoms with E-state index in [-0.39, 0.29) is 5.75 Å². The van der Waals surface area contributed by atoms with E-state index in [1.165, 1.54) is 10.6 Å². The molecule has 31 heavy (non-hydrogen) atoms. The number of sulfonamides is 1. The minimum atomic E-state index is -3.43. The summed E-state index contributed by atoms with van der Waals surface area (Å²) >= 11 is 0. The first-order valence-corrected chi connectivity index (χ1v) is 11.9. The van der Waals surface area contributed by atoms with Crippen molar-refractivity contribution in [1.29, 1.82) is 0 Å². The van der Waals surface area contributed by atoms with Gasteiger partial charge in [0.2, 0.25) is 10.0 Å². The van der Waals surface area contributed by atoms with Crippen LogP contribution in [0.25, 0.3) is 5.65 Å². The van der Waals surface area contributed by atoms with Crippen LogP contribution in [-0.2, 0) is 22.3 Å². The Hall–Kier alpha value is -2.92. The van der Waals surface area contributed by atoms with Crippen LogP contribution in [0.15, 0.2) is 46.2 Å². The Morgan fingerprint density at radius 3 is 2.68 bits per heavy atom. The number of aliphatic imine (C=N–C) groups is 1. The van der Waals surface area contributed by atoms with Crippen LogP contribution in [0.4, 0.5) is 0 Å². The van der Waals surface area contributed by atoms with Crippen LogP contribution >= 0.6 is 0 Å². The Morgan fingerprint density at radius 2 is 2.00 bits per heavy atom. The number of nitrogens with zero attached hydrogens (tertiary/aromatic N) is 6. The molecule has 0 aliphatic carbocycles. The van der Waals surface area contributed by atoms with Crippen LogP contribution in [-0.4, -0.2) is 70.8 Å². The molecular weight excluding hydrogens is 418 g/mol. The fourth-order valence-electron chi connectivity index (χ4n) is 3.62. The summed E-state index contributed by atoms with van der Waals surface area (Å²) in [4.78, 5) is 11.5. The number of nitrogens with one attached hydrogen (secondary N) is 1. The summed E-state index contributed by atoms with van der Waals surface area (Å²) in [5.74, 6) is 0.620. The van der Waals surface area contributed by atoms with Gasteiger partial charge in [0.15, 0.2) is 5.96 Å². The van der Waals surface area contributed by atoms with Crippen molar-refractivity contribution < 1.29 is 12.9 Å². The lowest BCUT2D eigenvalue weighted by molar-refractivity contribution is 0.259. The predicted molar refractivity (Wildman–Crippen MR) is 117 cm³/mol. The van der Waals surface area contributed by atoms with Gasteiger partial charge in [-0.3, -0.25) is 0 Å². The normalized spacial score (nSPS) is 16.2. The summed E-state index contributed by atoms with van der Waals surface area (Å²) in [6.45, 7) is 7.17. The summed E-state index contributed by atoms with van der Waals surface area (Å²) < 4.78 is 33.6. The molecule has 1 fully saturated rings. The van der Waals surface area contributed by atoms with E-state index in [2.05, 4.69) is 24.8 Å². The average Bonchev–Trinajstić information content (AvgIpc) is 3.41. The van der Waals surface area contributed by atoms with Gasteiger partial charge in [0, 0.05) is 50.7 Å². The topological polar surface area (TPSA) is 108 Å². The number of guanidine groups is 1. The number of aryl methyl sites for hydroxylation is 1. The summed E-state index contributed by atoms with van der Waals surface area (Å²) in [6, 6.07) is 7.58. The van der Waals surface area contributed by atoms with E-state index in [4.69, 9.17) is 9.52 Å². The van der Waals surface area contributed by atoms with Crippen molar-refractivity contribution in [1.82, 2.24) is 29.1 Å². The van der Waals surface area contributed by atoms with Crippen molar-refractivity contribution in [2.24, 2.45) is 4.99 Å². The Kier molecular flexibility index (Phi) is 6.23. The lowest BCUT2D eigenvalue weighted by atomic mass is 10.4. The number of hydrogen-bond donors (Lipinski definition) is 1. The van der Waals surface area contributed by atoms with Crippen LogP contribution in [0.1, 0.15) is 24.0 Å². The van der Waals surface area contributed by atoms with Gasteiger partial charge >= 0.3 is 0 Å². The molecule has 0 radical (unpaired) electrons. The van der Waals surface area contributed by atoms with Crippen LogP contribution < -0.4 is 5.32 Å². The zero-order chi connectivity index (χ0) is 21.8. The van der Waals surface area contributed by atoms with Crippen molar-refractivity contribution in [2.75, 3.05) is 32.7 Å². The highest BCUT2D eigenvalue weighted by molar-refractivity contribution is 7.88. The number of piperazine rings is 1. The van der Waals surface area contributed by atoms with Gasteiger partial charge in [0.25, 0.3) is 0 Å². The van der Waals surface area contributed by atoms with Gasteiger partial charge in [-0.2, -0.15) is 4.31 Å². The van der Waals surface area contributed by atoms with Gasteiger partial charge < -0.3 is 19.1 Å². The molecule has 0 saturated carbocycles. The van der Waals surface area contributed by atoms with Gasteiger partial charge in [-0.15, -0.1) is 0 Å². The lowest BCUT2D eigenvalue weighted by Gasteiger charge is -2.35. The monoisotopic (exact) mass is 445 g/mol. The summed E-state index contributed by atoms with van der Waals surface area (Å²) in [5, 5.41) is 7.02. The van der Waals surface area contributed by atoms with Gasteiger partial charge in [0.05, 0.1) is 17.9 Å². The van der Waals surface area contributed by atoms with E-state index in [0.717, 1.165) is 29.5 Å². The van der Waals surface area contributed by atoms with Crippen LogP contribution in [0.5, 0.6) is 0 Å². The zero-order valence-electron chi connectivity index (χ0n) is 17.7. The van der Waals surface area contributed by atoms with Gasteiger partial charge in [-0.25, -0.2) is 18.4 Å². The van der Waals surface area contributed by atoms with Crippen molar-refractivity contribution in [3.63, 3.8) is 0 Å². The fourth-order valence-corrected chi connectivity index (χ4v) is 5.05. The lowest BCUT2D eigenvalue weighted by Crippen LogP contribution is -2.53. The molecule has 4 rings (SSSR count). The SMILES string of the molecule is CCNC(=NCc1cn2c(C)cccc2n1)N1CCN(S(=O)(=O)Cc2ccon2)CC1. The first-order chi connectivity index (χ1) is 15.0. The number of pyridine rings is 1. The molecule has 0 unspecified atom stereocenters. The molecule has 1 aliphatic heterocycles. The van der Waals surface area contributed by atoms with Crippen molar-refractivity contribution in [3.8, 4) is 0 Å². The highest BCUT2D eigenvalue weighted by atomic mass is 32.2. The maximum Gasteiger partial charge on any atom is 0.220 e. The number of imidazole rings is 1. The van der Waals surface area contributed by atoms with E-state index in [0.29, 0.717) is 38.4 Å². The molecule has 4 heterocycles. The van der Waals surface area contributed by atoms with Crippen molar-refractivity contribution in [3.05, 3.63) is 53.8 Å². The van der Waals surface area contributed by atoms with Crippen molar-refractivity contribution >= 4 is 21.6 Å². The molecule has 0 spiro atoms.